The van der Waals surface area contributed by atoms with Gasteiger partial charge < -0.3 is 10.6 Å². The molecule has 1 saturated heterocycles. The van der Waals surface area contributed by atoms with E-state index >= 15 is 0 Å². The smallest absolute Gasteiger partial charge is 0.227 e. The molecule has 1 aromatic carbocycles. The predicted molar refractivity (Wildman–Crippen MR) is 59.2 cm³/mol. The van der Waals surface area contributed by atoms with E-state index in [9.17, 15) is 13.6 Å². The molecule has 3 nitrogen and oxygen atoms in total. The van der Waals surface area contributed by atoms with Crippen LogP contribution in [0, 0.1) is 11.6 Å². The summed E-state index contributed by atoms with van der Waals surface area (Å²) in [6.07, 6.45) is 0.647. The van der Waals surface area contributed by atoms with Crippen molar-refractivity contribution in [1.29, 1.82) is 0 Å². The van der Waals surface area contributed by atoms with E-state index in [0.29, 0.717) is 13.1 Å². The molecular formula is C12H14F2N2O. The summed E-state index contributed by atoms with van der Waals surface area (Å²) >= 11 is 0. The van der Waals surface area contributed by atoms with Gasteiger partial charge in [-0.2, -0.15) is 0 Å². The Morgan fingerprint density at radius 3 is 2.88 bits per heavy atom. The average Bonchev–Trinajstić information content (AvgIpc) is 2.72. The van der Waals surface area contributed by atoms with Crippen molar-refractivity contribution >= 4 is 5.91 Å². The van der Waals surface area contributed by atoms with Gasteiger partial charge in [0.1, 0.15) is 0 Å². The molecule has 1 unspecified atom stereocenters. The molecule has 2 rings (SSSR count). The molecule has 5 heteroatoms. The zero-order valence-corrected chi connectivity index (χ0v) is 9.33. The third-order valence-corrected chi connectivity index (χ3v) is 2.95. The van der Waals surface area contributed by atoms with E-state index in [2.05, 4.69) is 0 Å². The third kappa shape index (κ3) is 2.61. The van der Waals surface area contributed by atoms with E-state index in [1.165, 1.54) is 12.1 Å². The molecule has 2 N–H and O–H groups in total. The van der Waals surface area contributed by atoms with Crippen LogP contribution in [0.25, 0.3) is 0 Å². The van der Waals surface area contributed by atoms with Gasteiger partial charge in [0.15, 0.2) is 11.6 Å². The van der Waals surface area contributed by atoms with Gasteiger partial charge in [0.25, 0.3) is 0 Å². The van der Waals surface area contributed by atoms with Crippen molar-refractivity contribution in [3.05, 3.63) is 35.4 Å². The number of nitrogens with zero attached hydrogens (tertiary/aromatic N) is 1. The van der Waals surface area contributed by atoms with Crippen LogP contribution in [-0.4, -0.2) is 29.9 Å². The molecule has 0 bridgehead atoms. The number of carbonyl (C=O) groups is 1. The molecule has 0 aromatic heterocycles. The van der Waals surface area contributed by atoms with Crippen molar-refractivity contribution < 1.29 is 13.6 Å². The lowest BCUT2D eigenvalue weighted by Crippen LogP contribution is -2.33. The van der Waals surface area contributed by atoms with Gasteiger partial charge in [-0.25, -0.2) is 8.78 Å². The number of carbonyl (C=O) groups excluding carboxylic acids is 1. The summed E-state index contributed by atoms with van der Waals surface area (Å²) in [5.41, 5.74) is 5.78. The summed E-state index contributed by atoms with van der Waals surface area (Å²) in [6.45, 7) is 1.09. The van der Waals surface area contributed by atoms with Crippen molar-refractivity contribution in [2.45, 2.75) is 18.9 Å². The maximum Gasteiger partial charge on any atom is 0.227 e. The predicted octanol–water partition coefficient (Wildman–Crippen LogP) is 1.07. The molecule has 1 aliphatic rings. The van der Waals surface area contributed by atoms with Crippen LogP contribution < -0.4 is 5.73 Å². The van der Waals surface area contributed by atoms with E-state index in [4.69, 9.17) is 5.73 Å². The van der Waals surface area contributed by atoms with Crippen molar-refractivity contribution in [2.75, 3.05) is 13.1 Å². The Balaban J connectivity index is 2.06. The minimum atomic E-state index is -0.940. The zero-order valence-electron chi connectivity index (χ0n) is 9.33. The molecular weight excluding hydrogens is 226 g/mol. The minimum absolute atomic E-state index is 0.00342. The van der Waals surface area contributed by atoms with Crippen LogP contribution in [0.2, 0.25) is 0 Å². The Morgan fingerprint density at radius 2 is 2.24 bits per heavy atom. The number of likely N-dealkylation sites (tertiary alicyclic amines) is 1. The van der Waals surface area contributed by atoms with Gasteiger partial charge in [0.05, 0.1) is 6.42 Å². The number of nitrogens with two attached hydrogens (primary N) is 1. The molecule has 1 aromatic rings. The number of halogens is 2. The summed E-state index contributed by atoms with van der Waals surface area (Å²) in [5, 5.41) is 0. The van der Waals surface area contributed by atoms with Crippen LogP contribution in [-0.2, 0) is 11.2 Å². The molecule has 1 heterocycles. The molecule has 1 aliphatic heterocycles. The van der Waals surface area contributed by atoms with Crippen molar-refractivity contribution in [1.82, 2.24) is 4.90 Å². The quantitative estimate of drug-likeness (QED) is 0.840. The summed E-state index contributed by atoms with van der Waals surface area (Å²) in [7, 11) is 0. The fourth-order valence-corrected chi connectivity index (χ4v) is 1.97. The van der Waals surface area contributed by atoms with Gasteiger partial charge in [-0.15, -0.1) is 0 Å². The van der Waals surface area contributed by atoms with Crippen LogP contribution in [0.15, 0.2) is 18.2 Å². The SMILES string of the molecule is NC1CCN(C(=O)Cc2cccc(F)c2F)C1. The first-order chi connectivity index (χ1) is 8.08. The Morgan fingerprint density at radius 1 is 1.47 bits per heavy atom. The highest BCUT2D eigenvalue weighted by Crippen LogP contribution is 2.15. The number of hydrogen-bond acceptors (Lipinski definition) is 2. The lowest BCUT2D eigenvalue weighted by Gasteiger charge is -2.15. The minimum Gasteiger partial charge on any atom is -0.341 e. The molecule has 1 atom stereocenters. The van der Waals surface area contributed by atoms with Gasteiger partial charge in [0.2, 0.25) is 5.91 Å². The van der Waals surface area contributed by atoms with Gasteiger partial charge in [-0.1, -0.05) is 12.1 Å². The monoisotopic (exact) mass is 240 g/mol. The Kier molecular flexibility index (Phi) is 3.38. The maximum absolute atomic E-state index is 13.4. The average molecular weight is 240 g/mol. The van der Waals surface area contributed by atoms with E-state index < -0.39 is 11.6 Å². The second-order valence-corrected chi connectivity index (χ2v) is 4.28. The Labute approximate surface area is 98.2 Å². The second kappa shape index (κ2) is 4.79. The molecule has 1 fully saturated rings. The summed E-state index contributed by atoms with van der Waals surface area (Å²) in [5.74, 6) is -2.07. The van der Waals surface area contributed by atoms with Gasteiger partial charge in [-0.05, 0) is 12.5 Å². The third-order valence-electron chi connectivity index (χ3n) is 2.95. The van der Waals surface area contributed by atoms with Crippen LogP contribution in [0.3, 0.4) is 0 Å². The first-order valence-corrected chi connectivity index (χ1v) is 5.54. The lowest BCUT2D eigenvalue weighted by molar-refractivity contribution is -0.129. The molecule has 0 radical (unpaired) electrons. The molecule has 17 heavy (non-hydrogen) atoms. The Bertz CT molecular complexity index is 437. The zero-order chi connectivity index (χ0) is 12.4. The highest BCUT2D eigenvalue weighted by atomic mass is 19.2. The van der Waals surface area contributed by atoms with E-state index in [-0.39, 0.29) is 23.9 Å². The second-order valence-electron chi connectivity index (χ2n) is 4.28. The van der Waals surface area contributed by atoms with Gasteiger partial charge in [0, 0.05) is 24.7 Å². The largest absolute Gasteiger partial charge is 0.341 e. The van der Waals surface area contributed by atoms with Crippen molar-refractivity contribution in [3.63, 3.8) is 0 Å². The van der Waals surface area contributed by atoms with Crippen molar-refractivity contribution in [2.24, 2.45) is 5.73 Å². The van der Waals surface area contributed by atoms with Crippen LogP contribution in [0.5, 0.6) is 0 Å². The Hall–Kier alpha value is -1.49. The van der Waals surface area contributed by atoms with Gasteiger partial charge >= 0.3 is 0 Å². The fourth-order valence-electron chi connectivity index (χ4n) is 1.97. The van der Waals surface area contributed by atoms with Crippen LogP contribution in [0.4, 0.5) is 8.78 Å². The fraction of sp³-hybridized carbons (Fsp3) is 0.417. The van der Waals surface area contributed by atoms with Crippen molar-refractivity contribution in [3.8, 4) is 0 Å². The highest BCUT2D eigenvalue weighted by molar-refractivity contribution is 5.79. The summed E-state index contributed by atoms with van der Waals surface area (Å²) in [6, 6.07) is 3.86. The van der Waals surface area contributed by atoms with E-state index in [1.807, 2.05) is 0 Å². The topological polar surface area (TPSA) is 46.3 Å². The van der Waals surface area contributed by atoms with Crippen LogP contribution in [0.1, 0.15) is 12.0 Å². The molecule has 92 valence electrons. The van der Waals surface area contributed by atoms with Gasteiger partial charge in [-0.3, -0.25) is 4.79 Å². The number of rotatable bonds is 2. The molecule has 0 aliphatic carbocycles. The van der Waals surface area contributed by atoms with E-state index in [1.54, 1.807) is 4.90 Å². The highest BCUT2D eigenvalue weighted by Gasteiger charge is 2.24. The summed E-state index contributed by atoms with van der Waals surface area (Å²) < 4.78 is 26.3. The molecule has 0 spiro atoms. The normalized spacial score (nSPS) is 19.7. The maximum atomic E-state index is 13.4. The number of hydrogen-bond donors (Lipinski definition) is 1. The first kappa shape index (κ1) is 12.0. The molecule has 1 amide bonds. The number of benzene rings is 1. The lowest BCUT2D eigenvalue weighted by atomic mass is 10.1. The summed E-state index contributed by atoms with van der Waals surface area (Å²) in [4.78, 5) is 13.4. The standard InChI is InChI=1S/C12H14F2N2O/c13-10-3-1-2-8(12(10)14)6-11(17)16-5-4-9(15)7-16/h1-3,9H,4-7,15H2. The number of amides is 1. The van der Waals surface area contributed by atoms with E-state index in [0.717, 1.165) is 12.5 Å². The van der Waals surface area contributed by atoms with Crippen LogP contribution >= 0.6 is 0 Å². The molecule has 0 saturated carbocycles. The first-order valence-electron chi connectivity index (χ1n) is 5.54.